The summed E-state index contributed by atoms with van der Waals surface area (Å²) >= 11 is 6.92. The number of halogens is 1. The van der Waals surface area contributed by atoms with Gasteiger partial charge in [-0.15, -0.1) is 11.3 Å². The van der Waals surface area contributed by atoms with Crippen LogP contribution in [0.2, 0.25) is 4.34 Å². The molecule has 0 saturated heterocycles. The standard InChI is InChI=1S/C15H20ClNO3S/c1-9-5-3-4-6-11(9)17-14(18)10(2)20-15(19)12-7-8-13(16)21-12/h7-11H,3-6H2,1-2H3,(H,17,18)/t9-,10-,11-/m0/s1. The van der Waals surface area contributed by atoms with Crippen LogP contribution < -0.4 is 5.32 Å². The molecule has 2 rings (SSSR count). The molecule has 0 aliphatic heterocycles. The smallest absolute Gasteiger partial charge is 0.349 e. The van der Waals surface area contributed by atoms with E-state index in [9.17, 15) is 9.59 Å². The zero-order valence-corrected chi connectivity index (χ0v) is 13.8. The largest absolute Gasteiger partial charge is 0.448 e. The minimum atomic E-state index is -0.799. The van der Waals surface area contributed by atoms with Crippen molar-refractivity contribution in [2.45, 2.75) is 51.7 Å². The van der Waals surface area contributed by atoms with E-state index in [0.717, 1.165) is 30.6 Å². The second-order valence-electron chi connectivity index (χ2n) is 5.53. The highest BCUT2D eigenvalue weighted by molar-refractivity contribution is 7.17. The minimum absolute atomic E-state index is 0.184. The molecule has 1 saturated carbocycles. The molecule has 0 unspecified atom stereocenters. The summed E-state index contributed by atoms with van der Waals surface area (Å²) in [5, 5.41) is 2.99. The van der Waals surface area contributed by atoms with Crippen LogP contribution in [0, 0.1) is 5.92 Å². The van der Waals surface area contributed by atoms with Gasteiger partial charge in [-0.3, -0.25) is 4.79 Å². The number of carbonyl (C=O) groups is 2. The van der Waals surface area contributed by atoms with E-state index < -0.39 is 12.1 Å². The Morgan fingerprint density at radius 2 is 2.10 bits per heavy atom. The number of hydrogen-bond donors (Lipinski definition) is 1. The molecular weight excluding hydrogens is 310 g/mol. The van der Waals surface area contributed by atoms with Crippen LogP contribution in [0.4, 0.5) is 0 Å². The number of rotatable bonds is 4. The van der Waals surface area contributed by atoms with Gasteiger partial charge in [0.1, 0.15) is 4.88 Å². The fraction of sp³-hybridized carbons (Fsp3) is 0.600. The summed E-state index contributed by atoms with van der Waals surface area (Å²) in [5.41, 5.74) is 0. The Balaban J connectivity index is 1.86. The Morgan fingerprint density at radius 3 is 2.71 bits per heavy atom. The number of amides is 1. The molecule has 1 aromatic heterocycles. The predicted octanol–water partition coefficient (Wildman–Crippen LogP) is 3.64. The number of nitrogens with one attached hydrogen (secondary N) is 1. The zero-order valence-electron chi connectivity index (χ0n) is 12.2. The SMILES string of the molecule is C[C@H](OC(=O)c1ccc(Cl)s1)C(=O)N[C@H]1CCCC[C@@H]1C. The van der Waals surface area contributed by atoms with Crippen molar-refractivity contribution in [3.8, 4) is 0 Å². The van der Waals surface area contributed by atoms with Crippen molar-refractivity contribution in [1.82, 2.24) is 5.32 Å². The Labute approximate surface area is 133 Å². The van der Waals surface area contributed by atoms with Crippen molar-refractivity contribution in [2.75, 3.05) is 0 Å². The molecule has 21 heavy (non-hydrogen) atoms. The van der Waals surface area contributed by atoms with Gasteiger partial charge in [0.05, 0.1) is 4.34 Å². The molecule has 1 fully saturated rings. The number of thiophene rings is 1. The summed E-state index contributed by atoms with van der Waals surface area (Å²) in [7, 11) is 0. The van der Waals surface area contributed by atoms with E-state index in [-0.39, 0.29) is 11.9 Å². The second kappa shape index (κ2) is 7.27. The number of carbonyl (C=O) groups excluding carboxylic acids is 2. The zero-order chi connectivity index (χ0) is 15.4. The molecule has 1 aromatic rings. The molecule has 0 aromatic carbocycles. The van der Waals surface area contributed by atoms with E-state index in [4.69, 9.17) is 16.3 Å². The molecule has 0 bridgehead atoms. The third-order valence-corrected chi connectivity index (χ3v) is 5.08. The highest BCUT2D eigenvalue weighted by Gasteiger charge is 2.26. The maximum absolute atomic E-state index is 12.1. The van der Waals surface area contributed by atoms with Crippen LogP contribution in [-0.2, 0) is 9.53 Å². The van der Waals surface area contributed by atoms with E-state index in [1.165, 1.54) is 6.42 Å². The van der Waals surface area contributed by atoms with E-state index in [1.54, 1.807) is 19.1 Å². The molecule has 6 heteroatoms. The Kier molecular flexibility index (Phi) is 5.65. The van der Waals surface area contributed by atoms with Gasteiger partial charge in [-0.1, -0.05) is 31.4 Å². The van der Waals surface area contributed by atoms with E-state index in [1.807, 2.05) is 0 Å². The molecule has 116 valence electrons. The van der Waals surface area contributed by atoms with Gasteiger partial charge in [0, 0.05) is 6.04 Å². The topological polar surface area (TPSA) is 55.4 Å². The molecule has 1 aliphatic carbocycles. The van der Waals surface area contributed by atoms with Gasteiger partial charge in [0.2, 0.25) is 0 Å². The molecule has 1 aliphatic rings. The van der Waals surface area contributed by atoms with Gasteiger partial charge < -0.3 is 10.1 Å². The Bertz CT molecular complexity index is 517. The molecule has 3 atom stereocenters. The summed E-state index contributed by atoms with van der Waals surface area (Å²) < 4.78 is 5.71. The number of esters is 1. The van der Waals surface area contributed by atoms with Crippen LogP contribution >= 0.6 is 22.9 Å². The third-order valence-electron chi connectivity index (χ3n) is 3.87. The second-order valence-corrected chi connectivity index (χ2v) is 7.24. The van der Waals surface area contributed by atoms with Gasteiger partial charge in [-0.25, -0.2) is 4.79 Å². The van der Waals surface area contributed by atoms with Crippen LogP contribution in [0.3, 0.4) is 0 Å². The van der Waals surface area contributed by atoms with E-state index >= 15 is 0 Å². The van der Waals surface area contributed by atoms with Crippen LogP contribution in [0.25, 0.3) is 0 Å². The van der Waals surface area contributed by atoms with Crippen molar-refractivity contribution < 1.29 is 14.3 Å². The highest BCUT2D eigenvalue weighted by Crippen LogP contribution is 2.24. The molecule has 1 N–H and O–H groups in total. The van der Waals surface area contributed by atoms with Gasteiger partial charge >= 0.3 is 5.97 Å². The molecule has 1 amide bonds. The first-order chi connectivity index (χ1) is 9.97. The van der Waals surface area contributed by atoms with Crippen molar-refractivity contribution >= 4 is 34.8 Å². The van der Waals surface area contributed by atoms with Crippen molar-refractivity contribution in [3.05, 3.63) is 21.3 Å². The predicted molar refractivity (Wildman–Crippen MR) is 83.8 cm³/mol. The van der Waals surface area contributed by atoms with Gasteiger partial charge in [0.25, 0.3) is 5.91 Å². The van der Waals surface area contributed by atoms with Crippen LogP contribution in [0.1, 0.15) is 49.2 Å². The minimum Gasteiger partial charge on any atom is -0.448 e. The Morgan fingerprint density at radius 1 is 1.38 bits per heavy atom. The Hall–Kier alpha value is -1.07. The summed E-state index contributed by atoms with van der Waals surface area (Å²) in [6.45, 7) is 3.74. The van der Waals surface area contributed by atoms with Crippen LogP contribution in [0.15, 0.2) is 12.1 Å². The number of ether oxygens (including phenoxy) is 1. The molecule has 4 nitrogen and oxygen atoms in total. The molecule has 0 radical (unpaired) electrons. The maximum atomic E-state index is 12.1. The van der Waals surface area contributed by atoms with Crippen molar-refractivity contribution in [1.29, 1.82) is 0 Å². The lowest BCUT2D eigenvalue weighted by Crippen LogP contribution is -2.45. The lowest BCUT2D eigenvalue weighted by Gasteiger charge is -2.30. The van der Waals surface area contributed by atoms with Gasteiger partial charge in [0.15, 0.2) is 6.10 Å². The average molecular weight is 330 g/mol. The van der Waals surface area contributed by atoms with Crippen LogP contribution in [-0.4, -0.2) is 24.0 Å². The quantitative estimate of drug-likeness (QED) is 0.858. The molecule has 0 spiro atoms. The van der Waals surface area contributed by atoms with Crippen molar-refractivity contribution in [3.63, 3.8) is 0 Å². The monoisotopic (exact) mass is 329 g/mol. The fourth-order valence-electron chi connectivity index (χ4n) is 2.53. The molecular formula is C15H20ClNO3S. The van der Waals surface area contributed by atoms with Crippen LogP contribution in [0.5, 0.6) is 0 Å². The van der Waals surface area contributed by atoms with E-state index in [0.29, 0.717) is 15.1 Å². The normalized spacial score (nSPS) is 23.4. The lowest BCUT2D eigenvalue weighted by molar-refractivity contribution is -0.130. The number of hydrogen-bond acceptors (Lipinski definition) is 4. The fourth-order valence-corrected chi connectivity index (χ4v) is 3.45. The summed E-state index contributed by atoms with van der Waals surface area (Å²) in [6, 6.07) is 3.42. The lowest BCUT2D eigenvalue weighted by atomic mass is 9.86. The maximum Gasteiger partial charge on any atom is 0.349 e. The average Bonchev–Trinajstić information content (AvgIpc) is 2.88. The highest BCUT2D eigenvalue weighted by atomic mass is 35.5. The van der Waals surface area contributed by atoms with E-state index in [2.05, 4.69) is 12.2 Å². The third kappa shape index (κ3) is 4.45. The van der Waals surface area contributed by atoms with Gasteiger partial charge in [-0.2, -0.15) is 0 Å². The molecule has 1 heterocycles. The first-order valence-corrected chi connectivity index (χ1v) is 8.43. The van der Waals surface area contributed by atoms with Crippen molar-refractivity contribution in [2.24, 2.45) is 5.92 Å². The first-order valence-electron chi connectivity index (χ1n) is 7.24. The summed E-state index contributed by atoms with van der Waals surface area (Å²) in [5.74, 6) is -0.266. The first kappa shape index (κ1) is 16.3. The summed E-state index contributed by atoms with van der Waals surface area (Å²) in [6.07, 6.45) is 3.68. The van der Waals surface area contributed by atoms with Gasteiger partial charge in [-0.05, 0) is 37.8 Å². The summed E-state index contributed by atoms with van der Waals surface area (Å²) in [4.78, 5) is 24.4.